The highest BCUT2D eigenvalue weighted by Gasteiger charge is 2.19. The number of terminal acetylenes is 1. The highest BCUT2D eigenvalue weighted by molar-refractivity contribution is 6.89. The Morgan fingerprint density at radius 2 is 0.921 bits per heavy atom. The molecule has 0 aliphatic heterocycles. The number of aliphatic hydroxyl groups excluding tert-OH is 2. The standard InChI is InChI=1S/C34H38O2Si2/c1-8-24-17-30(22-35)34(31(18-24)23-36)29-20-27(25-9-13-32(14-10-25)37(2,3)4)19-28(21-29)26-11-15-33(16-12-26)38(5,6)7/h1,9-21,35-36H,22-23H2,2-7H3. The first kappa shape index (κ1) is 27.8. The van der Waals surface area contributed by atoms with Crippen molar-refractivity contribution < 1.29 is 10.2 Å². The van der Waals surface area contributed by atoms with Crippen LogP contribution in [0.15, 0.2) is 78.9 Å². The molecule has 0 unspecified atom stereocenters. The van der Waals surface area contributed by atoms with E-state index in [2.05, 4.69) is 112 Å². The number of hydrogen-bond acceptors (Lipinski definition) is 2. The lowest BCUT2D eigenvalue weighted by molar-refractivity contribution is 0.276. The van der Waals surface area contributed by atoms with Crippen LogP contribution in [0.1, 0.15) is 16.7 Å². The van der Waals surface area contributed by atoms with Crippen LogP contribution in [-0.2, 0) is 13.2 Å². The lowest BCUT2D eigenvalue weighted by Crippen LogP contribution is -2.37. The molecule has 0 heterocycles. The Hall–Kier alpha value is -3.21. The molecule has 0 amide bonds. The van der Waals surface area contributed by atoms with Gasteiger partial charge < -0.3 is 10.2 Å². The molecule has 194 valence electrons. The number of benzene rings is 4. The van der Waals surface area contributed by atoms with Gasteiger partial charge in [0.25, 0.3) is 0 Å². The molecule has 38 heavy (non-hydrogen) atoms. The van der Waals surface area contributed by atoms with Gasteiger partial charge in [0.1, 0.15) is 0 Å². The topological polar surface area (TPSA) is 40.5 Å². The van der Waals surface area contributed by atoms with Gasteiger partial charge in [-0.3, -0.25) is 0 Å². The third-order valence-corrected chi connectivity index (χ3v) is 11.3. The van der Waals surface area contributed by atoms with Crippen molar-refractivity contribution >= 4 is 26.5 Å². The molecule has 0 radical (unpaired) electrons. The summed E-state index contributed by atoms with van der Waals surface area (Å²) in [5.74, 6) is 2.65. The van der Waals surface area contributed by atoms with Crippen molar-refractivity contribution in [1.29, 1.82) is 0 Å². The monoisotopic (exact) mass is 534 g/mol. The quantitative estimate of drug-likeness (QED) is 0.204. The molecular formula is C34H38O2Si2. The minimum absolute atomic E-state index is 0.159. The van der Waals surface area contributed by atoms with E-state index in [-0.39, 0.29) is 13.2 Å². The number of hydrogen-bond donors (Lipinski definition) is 2. The fraction of sp³-hybridized carbons (Fsp3) is 0.235. The fourth-order valence-corrected chi connectivity index (χ4v) is 7.24. The van der Waals surface area contributed by atoms with E-state index in [9.17, 15) is 10.2 Å². The second-order valence-corrected chi connectivity index (χ2v) is 22.2. The lowest BCUT2D eigenvalue weighted by Gasteiger charge is -2.19. The van der Waals surface area contributed by atoms with Crippen LogP contribution in [-0.4, -0.2) is 26.4 Å². The largest absolute Gasteiger partial charge is 0.392 e. The van der Waals surface area contributed by atoms with Crippen molar-refractivity contribution in [2.75, 3.05) is 0 Å². The van der Waals surface area contributed by atoms with Crippen molar-refractivity contribution in [1.82, 2.24) is 0 Å². The highest BCUT2D eigenvalue weighted by Crippen LogP contribution is 2.36. The van der Waals surface area contributed by atoms with E-state index in [1.165, 1.54) is 10.4 Å². The van der Waals surface area contributed by atoms with E-state index in [1.807, 2.05) is 12.1 Å². The summed E-state index contributed by atoms with van der Waals surface area (Å²) in [6.45, 7) is 13.8. The first-order valence-corrected chi connectivity index (χ1v) is 20.2. The van der Waals surface area contributed by atoms with E-state index in [0.717, 1.165) is 44.5 Å². The van der Waals surface area contributed by atoms with Gasteiger partial charge in [-0.05, 0) is 74.8 Å². The Labute approximate surface area is 230 Å². The van der Waals surface area contributed by atoms with Crippen molar-refractivity contribution in [2.24, 2.45) is 0 Å². The molecule has 0 aromatic heterocycles. The van der Waals surface area contributed by atoms with E-state index < -0.39 is 16.1 Å². The third-order valence-electron chi connectivity index (χ3n) is 7.20. The van der Waals surface area contributed by atoms with Gasteiger partial charge >= 0.3 is 0 Å². The summed E-state index contributed by atoms with van der Waals surface area (Å²) in [5, 5.41) is 23.4. The molecular weight excluding hydrogens is 497 g/mol. The lowest BCUT2D eigenvalue weighted by atomic mass is 9.88. The number of rotatable bonds is 7. The van der Waals surface area contributed by atoms with Crippen LogP contribution in [0, 0.1) is 12.3 Å². The van der Waals surface area contributed by atoms with Gasteiger partial charge in [0.05, 0.1) is 29.4 Å². The molecule has 2 N–H and O–H groups in total. The van der Waals surface area contributed by atoms with Gasteiger partial charge in [-0.25, -0.2) is 0 Å². The van der Waals surface area contributed by atoms with Gasteiger partial charge in [0.2, 0.25) is 0 Å². The molecule has 4 aromatic rings. The fourth-order valence-electron chi connectivity index (χ4n) is 4.90. The smallest absolute Gasteiger partial charge is 0.0775 e. The Morgan fingerprint density at radius 1 is 0.553 bits per heavy atom. The summed E-state index contributed by atoms with van der Waals surface area (Å²) in [6, 6.07) is 28.1. The second-order valence-electron chi connectivity index (χ2n) is 12.1. The van der Waals surface area contributed by atoms with E-state index in [4.69, 9.17) is 6.42 Å². The highest BCUT2D eigenvalue weighted by atomic mass is 28.3. The van der Waals surface area contributed by atoms with Crippen LogP contribution in [0.4, 0.5) is 0 Å². The second kappa shape index (κ2) is 10.9. The van der Waals surface area contributed by atoms with Gasteiger partial charge in [0, 0.05) is 5.56 Å². The molecule has 4 heteroatoms. The van der Waals surface area contributed by atoms with Crippen molar-refractivity contribution in [3.05, 3.63) is 95.6 Å². The molecule has 4 aromatic carbocycles. The van der Waals surface area contributed by atoms with Crippen molar-refractivity contribution in [3.63, 3.8) is 0 Å². The molecule has 0 saturated heterocycles. The van der Waals surface area contributed by atoms with Crippen LogP contribution in [0.2, 0.25) is 39.3 Å². The van der Waals surface area contributed by atoms with Crippen LogP contribution < -0.4 is 10.4 Å². The zero-order chi connectivity index (χ0) is 27.7. The van der Waals surface area contributed by atoms with Gasteiger partial charge in [0.15, 0.2) is 0 Å². The molecule has 2 nitrogen and oxygen atoms in total. The molecule has 0 fully saturated rings. The minimum atomic E-state index is -1.41. The maximum atomic E-state index is 10.3. The first-order valence-electron chi connectivity index (χ1n) is 13.2. The zero-order valence-corrected chi connectivity index (χ0v) is 25.4. The Kier molecular flexibility index (Phi) is 7.97. The summed E-state index contributed by atoms with van der Waals surface area (Å²) >= 11 is 0. The molecule has 0 aliphatic carbocycles. The molecule has 0 spiro atoms. The SMILES string of the molecule is C#Cc1cc(CO)c(-c2cc(-c3ccc([Si](C)(C)C)cc3)cc(-c3ccc([Si](C)(C)C)cc3)c2)c(CO)c1. The van der Waals surface area contributed by atoms with Gasteiger partial charge in [-0.15, -0.1) is 6.42 Å². The average Bonchev–Trinajstić information content (AvgIpc) is 2.91. The predicted octanol–water partition coefficient (Wildman–Crippen LogP) is 6.74. The normalized spacial score (nSPS) is 11.9. The minimum Gasteiger partial charge on any atom is -0.392 e. The molecule has 0 aliphatic rings. The number of aliphatic hydroxyl groups is 2. The van der Waals surface area contributed by atoms with Gasteiger partial charge in [-0.2, -0.15) is 0 Å². The van der Waals surface area contributed by atoms with Gasteiger partial charge in [-0.1, -0.05) is 104 Å². The molecule has 0 bridgehead atoms. The summed E-state index contributed by atoms with van der Waals surface area (Å²) in [5.41, 5.74) is 8.38. The van der Waals surface area contributed by atoms with Crippen LogP contribution >= 0.6 is 0 Å². The summed E-state index contributed by atoms with van der Waals surface area (Å²) in [6.07, 6.45) is 5.66. The average molecular weight is 535 g/mol. The van der Waals surface area contributed by atoms with Crippen molar-refractivity contribution in [3.8, 4) is 45.7 Å². The Morgan fingerprint density at radius 3 is 1.24 bits per heavy atom. The van der Waals surface area contributed by atoms with Crippen molar-refractivity contribution in [2.45, 2.75) is 52.5 Å². The molecule has 0 atom stereocenters. The van der Waals surface area contributed by atoms with Crippen LogP contribution in [0.25, 0.3) is 33.4 Å². The van der Waals surface area contributed by atoms with E-state index in [1.54, 1.807) is 0 Å². The van der Waals surface area contributed by atoms with E-state index in [0.29, 0.717) is 5.56 Å². The van der Waals surface area contributed by atoms with Crippen LogP contribution in [0.3, 0.4) is 0 Å². The Bertz CT molecular complexity index is 1380. The predicted molar refractivity (Wildman–Crippen MR) is 168 cm³/mol. The molecule has 4 rings (SSSR count). The maximum Gasteiger partial charge on any atom is 0.0775 e. The summed E-state index contributed by atoms with van der Waals surface area (Å²) < 4.78 is 0. The zero-order valence-electron chi connectivity index (χ0n) is 23.4. The summed E-state index contributed by atoms with van der Waals surface area (Å²) in [4.78, 5) is 0. The first-order chi connectivity index (χ1) is 17.9. The van der Waals surface area contributed by atoms with Crippen LogP contribution in [0.5, 0.6) is 0 Å². The maximum absolute atomic E-state index is 10.3. The summed E-state index contributed by atoms with van der Waals surface area (Å²) in [7, 11) is -2.82. The van der Waals surface area contributed by atoms with E-state index >= 15 is 0 Å². The third kappa shape index (κ3) is 5.93. The Balaban J connectivity index is 1.95. The molecule has 0 saturated carbocycles.